The lowest BCUT2D eigenvalue weighted by atomic mass is 10.0. The van der Waals surface area contributed by atoms with Crippen LogP contribution in [-0.2, 0) is 11.2 Å². The molecule has 0 spiro atoms. The van der Waals surface area contributed by atoms with Crippen molar-refractivity contribution in [3.63, 3.8) is 0 Å². The Bertz CT molecular complexity index is 626. The van der Waals surface area contributed by atoms with E-state index in [4.69, 9.17) is 9.47 Å². The van der Waals surface area contributed by atoms with E-state index in [-0.39, 0.29) is 5.91 Å². The van der Waals surface area contributed by atoms with Crippen molar-refractivity contribution in [3.8, 4) is 11.5 Å². The second-order valence-electron chi connectivity index (χ2n) is 5.36. The minimum Gasteiger partial charge on any atom is -0.493 e. The maximum Gasteiger partial charge on any atom is 0.326 e. The van der Waals surface area contributed by atoms with Crippen LogP contribution in [0.1, 0.15) is 28.8 Å². The first-order valence-electron chi connectivity index (χ1n) is 7.43. The van der Waals surface area contributed by atoms with Crippen LogP contribution in [0, 0.1) is 0 Å². The zero-order chi connectivity index (χ0) is 17.0. The zero-order valence-electron chi connectivity index (χ0n) is 13.4. The van der Waals surface area contributed by atoms with E-state index in [0.29, 0.717) is 42.9 Å². The van der Waals surface area contributed by atoms with Crippen LogP contribution in [0.25, 0.3) is 0 Å². The van der Waals surface area contributed by atoms with Crippen molar-refractivity contribution in [2.75, 3.05) is 20.8 Å². The van der Waals surface area contributed by atoms with Gasteiger partial charge < -0.3 is 19.5 Å². The number of benzene rings is 1. The molecule has 1 amide bonds. The van der Waals surface area contributed by atoms with E-state index in [1.807, 2.05) is 0 Å². The van der Waals surface area contributed by atoms with Crippen molar-refractivity contribution in [1.82, 2.24) is 4.90 Å². The second kappa shape index (κ2) is 7.17. The number of hydrogen-bond acceptors (Lipinski definition) is 4. The van der Waals surface area contributed by atoms with Crippen LogP contribution in [0.5, 0.6) is 11.5 Å². The first-order valence-corrected chi connectivity index (χ1v) is 7.43. The number of allylic oxidation sites excluding steroid dienone is 1. The summed E-state index contributed by atoms with van der Waals surface area (Å²) in [7, 11) is 3.03. The average Bonchev–Trinajstić information content (AvgIpc) is 3.03. The van der Waals surface area contributed by atoms with Gasteiger partial charge in [0.25, 0.3) is 5.91 Å². The third kappa shape index (κ3) is 3.31. The molecule has 0 unspecified atom stereocenters. The molecule has 1 heterocycles. The smallest absolute Gasteiger partial charge is 0.326 e. The lowest BCUT2D eigenvalue weighted by molar-refractivity contribution is -0.141. The largest absolute Gasteiger partial charge is 0.493 e. The van der Waals surface area contributed by atoms with E-state index in [9.17, 15) is 14.7 Å². The quantitative estimate of drug-likeness (QED) is 0.813. The Morgan fingerprint density at radius 3 is 2.70 bits per heavy atom. The van der Waals surface area contributed by atoms with Crippen LogP contribution >= 0.6 is 0 Å². The summed E-state index contributed by atoms with van der Waals surface area (Å²) in [6, 6.07) is 2.53. The molecular weight excluding hydrogens is 298 g/mol. The fraction of sp³-hybridized carbons (Fsp3) is 0.412. The molecule has 0 aliphatic carbocycles. The molecule has 23 heavy (non-hydrogen) atoms. The number of rotatable bonds is 6. The molecule has 1 aromatic carbocycles. The van der Waals surface area contributed by atoms with Gasteiger partial charge in [-0.05, 0) is 31.4 Å². The van der Waals surface area contributed by atoms with Crippen molar-refractivity contribution in [2.45, 2.75) is 25.3 Å². The van der Waals surface area contributed by atoms with Gasteiger partial charge in [0.2, 0.25) is 0 Å². The zero-order valence-corrected chi connectivity index (χ0v) is 13.4. The maximum absolute atomic E-state index is 12.7. The number of methoxy groups -OCH3 is 2. The molecule has 0 radical (unpaired) electrons. The summed E-state index contributed by atoms with van der Waals surface area (Å²) in [6.07, 6.45) is 3.40. The number of carbonyl (C=O) groups is 2. The highest BCUT2D eigenvalue weighted by atomic mass is 16.5. The van der Waals surface area contributed by atoms with Gasteiger partial charge in [-0.15, -0.1) is 6.58 Å². The molecule has 6 nitrogen and oxygen atoms in total. The van der Waals surface area contributed by atoms with Gasteiger partial charge in [-0.1, -0.05) is 6.08 Å². The molecule has 1 aliphatic rings. The molecule has 1 atom stereocenters. The molecule has 2 rings (SSSR count). The molecule has 1 N–H and O–H groups in total. The molecule has 1 saturated heterocycles. The number of aliphatic carboxylic acids is 1. The van der Waals surface area contributed by atoms with Crippen molar-refractivity contribution in [3.05, 3.63) is 35.9 Å². The van der Waals surface area contributed by atoms with Crippen LogP contribution in [0.2, 0.25) is 0 Å². The highest BCUT2D eigenvalue weighted by Gasteiger charge is 2.34. The topological polar surface area (TPSA) is 76.1 Å². The Hall–Kier alpha value is -2.50. The van der Waals surface area contributed by atoms with Crippen molar-refractivity contribution < 1.29 is 24.2 Å². The highest BCUT2D eigenvalue weighted by molar-refractivity contribution is 5.97. The summed E-state index contributed by atoms with van der Waals surface area (Å²) in [6.45, 7) is 4.15. The van der Waals surface area contributed by atoms with Crippen molar-refractivity contribution >= 4 is 11.9 Å². The SMILES string of the molecule is C=CCc1cc(C(=O)N2CCC[C@H]2C(=O)O)cc(OC)c1OC. The Morgan fingerprint density at radius 2 is 2.13 bits per heavy atom. The second-order valence-corrected chi connectivity index (χ2v) is 5.36. The number of ether oxygens (including phenoxy) is 2. The molecule has 1 fully saturated rings. The molecule has 1 aliphatic heterocycles. The Morgan fingerprint density at radius 1 is 1.39 bits per heavy atom. The maximum atomic E-state index is 12.7. The number of carbonyl (C=O) groups excluding carboxylic acids is 1. The lowest BCUT2D eigenvalue weighted by Gasteiger charge is -2.22. The van der Waals surface area contributed by atoms with Crippen molar-refractivity contribution in [2.24, 2.45) is 0 Å². The fourth-order valence-corrected chi connectivity index (χ4v) is 2.91. The van der Waals surface area contributed by atoms with E-state index in [0.717, 1.165) is 5.56 Å². The summed E-state index contributed by atoms with van der Waals surface area (Å²) in [5, 5.41) is 9.25. The summed E-state index contributed by atoms with van der Waals surface area (Å²) in [4.78, 5) is 25.4. The number of amides is 1. The molecule has 6 heteroatoms. The van der Waals surface area contributed by atoms with Gasteiger partial charge in [-0.25, -0.2) is 4.79 Å². The van der Waals surface area contributed by atoms with Gasteiger partial charge in [0.05, 0.1) is 14.2 Å². The van der Waals surface area contributed by atoms with Crippen LogP contribution in [0.15, 0.2) is 24.8 Å². The lowest BCUT2D eigenvalue weighted by Crippen LogP contribution is -2.40. The van der Waals surface area contributed by atoms with Gasteiger partial charge in [0, 0.05) is 17.7 Å². The third-order valence-corrected chi connectivity index (χ3v) is 3.97. The van der Waals surface area contributed by atoms with Gasteiger partial charge in [0.15, 0.2) is 11.5 Å². The fourth-order valence-electron chi connectivity index (χ4n) is 2.91. The first-order chi connectivity index (χ1) is 11.0. The molecule has 124 valence electrons. The van der Waals surface area contributed by atoms with Gasteiger partial charge in [-0.2, -0.15) is 0 Å². The minimum absolute atomic E-state index is 0.304. The van der Waals surface area contributed by atoms with Crippen molar-refractivity contribution in [1.29, 1.82) is 0 Å². The van der Waals surface area contributed by atoms with Crippen LogP contribution in [0.3, 0.4) is 0 Å². The van der Waals surface area contributed by atoms with Crippen LogP contribution in [0.4, 0.5) is 0 Å². The van der Waals surface area contributed by atoms with Gasteiger partial charge >= 0.3 is 5.97 Å². The van der Waals surface area contributed by atoms with Gasteiger partial charge in [-0.3, -0.25) is 4.79 Å². The van der Waals surface area contributed by atoms with E-state index >= 15 is 0 Å². The summed E-state index contributed by atoms with van der Waals surface area (Å²) >= 11 is 0. The van der Waals surface area contributed by atoms with E-state index in [1.165, 1.54) is 19.1 Å². The molecule has 0 bridgehead atoms. The number of carboxylic acids is 1. The Kier molecular flexibility index (Phi) is 5.26. The van der Waals surface area contributed by atoms with E-state index in [2.05, 4.69) is 6.58 Å². The number of likely N-dealkylation sites (tertiary alicyclic amines) is 1. The first kappa shape index (κ1) is 16.9. The monoisotopic (exact) mass is 319 g/mol. The third-order valence-electron chi connectivity index (χ3n) is 3.97. The predicted molar refractivity (Wildman–Crippen MR) is 85.1 cm³/mol. The highest BCUT2D eigenvalue weighted by Crippen LogP contribution is 2.34. The summed E-state index contributed by atoms with van der Waals surface area (Å²) in [5.74, 6) is -0.273. The summed E-state index contributed by atoms with van der Waals surface area (Å²) < 4.78 is 10.7. The molecule has 0 aromatic heterocycles. The number of hydrogen-bond donors (Lipinski definition) is 1. The Labute approximate surface area is 135 Å². The van der Waals surface area contributed by atoms with Gasteiger partial charge in [0.1, 0.15) is 6.04 Å². The van der Waals surface area contributed by atoms with E-state index < -0.39 is 12.0 Å². The number of carboxylic acid groups (broad SMARTS) is 1. The normalized spacial score (nSPS) is 17.0. The molecule has 1 aromatic rings. The molecule has 0 saturated carbocycles. The van der Waals surface area contributed by atoms with E-state index in [1.54, 1.807) is 18.2 Å². The predicted octanol–water partition coefficient (Wildman–Crippen LogP) is 2.12. The van der Waals surface area contributed by atoms with Crippen LogP contribution < -0.4 is 9.47 Å². The standard InChI is InChI=1S/C17H21NO5/c1-4-6-11-9-12(10-14(22-2)15(11)23-3)16(19)18-8-5-7-13(18)17(20)21/h4,9-10,13H,1,5-8H2,2-3H3,(H,20,21)/t13-/m0/s1. The minimum atomic E-state index is -0.970. The summed E-state index contributed by atoms with van der Waals surface area (Å²) in [5.41, 5.74) is 1.17. The molecular formula is C17H21NO5. The average molecular weight is 319 g/mol. The Balaban J connectivity index is 2.42. The van der Waals surface area contributed by atoms with Crippen LogP contribution in [-0.4, -0.2) is 48.7 Å². The number of nitrogens with zero attached hydrogens (tertiary/aromatic N) is 1.